The Morgan fingerprint density at radius 3 is 2.71 bits per heavy atom. The van der Waals surface area contributed by atoms with Crippen LogP contribution in [0.2, 0.25) is 0 Å². The van der Waals surface area contributed by atoms with Gasteiger partial charge < -0.3 is 9.47 Å². The molecule has 4 rings (SSSR count). The average molecular weight is 383 g/mol. The summed E-state index contributed by atoms with van der Waals surface area (Å²) >= 11 is 0. The van der Waals surface area contributed by atoms with E-state index in [1.54, 1.807) is 29.2 Å². The summed E-state index contributed by atoms with van der Waals surface area (Å²) in [6.45, 7) is 1.80. The van der Waals surface area contributed by atoms with E-state index in [9.17, 15) is 9.18 Å². The van der Waals surface area contributed by atoms with Gasteiger partial charge in [-0.25, -0.2) is 14.1 Å². The summed E-state index contributed by atoms with van der Waals surface area (Å²) < 4.78 is 17.5. The van der Waals surface area contributed by atoms with Crippen LogP contribution in [-0.2, 0) is 24.8 Å². The molecule has 8 nitrogen and oxygen atoms in total. The summed E-state index contributed by atoms with van der Waals surface area (Å²) in [6.07, 6.45) is 4.87. The highest BCUT2D eigenvalue weighted by Gasteiger charge is 2.27. The van der Waals surface area contributed by atoms with E-state index in [1.807, 2.05) is 16.5 Å². The minimum absolute atomic E-state index is 0.0339. The van der Waals surface area contributed by atoms with Crippen molar-refractivity contribution in [2.24, 2.45) is 7.05 Å². The molecule has 1 saturated heterocycles. The lowest BCUT2D eigenvalue weighted by Gasteiger charge is -2.31. The van der Waals surface area contributed by atoms with Gasteiger partial charge in [-0.15, -0.1) is 10.2 Å². The van der Waals surface area contributed by atoms with Crippen molar-refractivity contribution in [3.05, 3.63) is 59.9 Å². The van der Waals surface area contributed by atoms with Crippen molar-refractivity contribution in [1.82, 2.24) is 34.4 Å². The predicted molar refractivity (Wildman–Crippen MR) is 98.8 cm³/mol. The summed E-state index contributed by atoms with van der Waals surface area (Å²) in [5.74, 6) is 1.63. The highest BCUT2D eigenvalue weighted by atomic mass is 19.1. The normalized spacial score (nSPS) is 15.1. The van der Waals surface area contributed by atoms with Gasteiger partial charge in [0.15, 0.2) is 5.82 Å². The van der Waals surface area contributed by atoms with Crippen LogP contribution < -0.4 is 0 Å². The zero-order valence-corrected chi connectivity index (χ0v) is 15.7. The number of rotatable bonds is 5. The van der Waals surface area contributed by atoms with Crippen LogP contribution in [0.15, 0.2) is 36.9 Å². The number of piperidine rings is 1. The lowest BCUT2D eigenvalue weighted by molar-refractivity contribution is -0.131. The third-order valence-electron chi connectivity index (χ3n) is 5.28. The molecule has 146 valence electrons. The summed E-state index contributed by atoms with van der Waals surface area (Å²) in [5.41, 5.74) is 0.445. The monoisotopic (exact) mass is 383 g/mol. The Morgan fingerprint density at radius 1 is 1.21 bits per heavy atom. The van der Waals surface area contributed by atoms with E-state index in [-0.39, 0.29) is 24.1 Å². The molecule has 1 aromatic carbocycles. The van der Waals surface area contributed by atoms with Gasteiger partial charge in [-0.2, -0.15) is 5.10 Å². The zero-order chi connectivity index (χ0) is 19.5. The van der Waals surface area contributed by atoms with Gasteiger partial charge >= 0.3 is 0 Å². The van der Waals surface area contributed by atoms with Crippen LogP contribution in [0.5, 0.6) is 0 Å². The predicted octanol–water partition coefficient (Wildman–Crippen LogP) is 1.54. The van der Waals surface area contributed by atoms with Crippen molar-refractivity contribution in [3.63, 3.8) is 0 Å². The second kappa shape index (κ2) is 7.87. The Kier molecular flexibility index (Phi) is 5.14. The first-order chi connectivity index (χ1) is 13.6. The van der Waals surface area contributed by atoms with Crippen LogP contribution in [0.25, 0.3) is 0 Å². The first-order valence-corrected chi connectivity index (χ1v) is 9.33. The summed E-state index contributed by atoms with van der Waals surface area (Å²) in [4.78, 5) is 18.3. The summed E-state index contributed by atoms with van der Waals surface area (Å²) in [7, 11) is 1.96. The van der Waals surface area contributed by atoms with Gasteiger partial charge in [0, 0.05) is 26.1 Å². The lowest BCUT2D eigenvalue weighted by atomic mass is 9.95. The molecule has 1 aliphatic heterocycles. The molecule has 9 heteroatoms. The first-order valence-electron chi connectivity index (χ1n) is 9.33. The molecule has 0 radical (unpaired) electrons. The first kappa shape index (κ1) is 18.3. The molecule has 0 atom stereocenters. The third kappa shape index (κ3) is 3.78. The van der Waals surface area contributed by atoms with E-state index < -0.39 is 0 Å². The number of benzene rings is 1. The van der Waals surface area contributed by atoms with Gasteiger partial charge in [-0.05, 0) is 24.5 Å². The molecule has 28 heavy (non-hydrogen) atoms. The Balaban J connectivity index is 1.36. The number of carbonyl (C=O) groups is 1. The van der Waals surface area contributed by atoms with Crippen LogP contribution in [0, 0.1) is 5.82 Å². The van der Waals surface area contributed by atoms with Crippen molar-refractivity contribution < 1.29 is 9.18 Å². The van der Waals surface area contributed by atoms with Crippen LogP contribution >= 0.6 is 0 Å². The molecule has 0 N–H and O–H groups in total. The second-order valence-electron chi connectivity index (χ2n) is 7.05. The lowest BCUT2D eigenvalue weighted by Crippen LogP contribution is -2.39. The molecule has 3 aromatic rings. The van der Waals surface area contributed by atoms with Gasteiger partial charge in [-0.1, -0.05) is 18.2 Å². The van der Waals surface area contributed by atoms with E-state index in [1.165, 1.54) is 12.4 Å². The number of hydrogen-bond donors (Lipinski definition) is 0. The van der Waals surface area contributed by atoms with E-state index in [2.05, 4.69) is 20.3 Å². The molecule has 0 aliphatic carbocycles. The zero-order valence-electron chi connectivity index (χ0n) is 15.7. The molecular formula is C19H22FN7O. The average Bonchev–Trinajstić information content (AvgIpc) is 3.34. The van der Waals surface area contributed by atoms with Gasteiger partial charge in [0.05, 0.1) is 6.42 Å². The van der Waals surface area contributed by atoms with Gasteiger partial charge in [0.25, 0.3) is 0 Å². The fraction of sp³-hybridized carbons (Fsp3) is 0.421. The summed E-state index contributed by atoms with van der Waals surface area (Å²) in [6, 6.07) is 6.44. The van der Waals surface area contributed by atoms with E-state index in [4.69, 9.17) is 0 Å². The van der Waals surface area contributed by atoms with Crippen molar-refractivity contribution in [2.45, 2.75) is 31.7 Å². The molecule has 1 amide bonds. The van der Waals surface area contributed by atoms with Crippen molar-refractivity contribution in [1.29, 1.82) is 0 Å². The van der Waals surface area contributed by atoms with Crippen LogP contribution in [-0.4, -0.2) is 53.4 Å². The van der Waals surface area contributed by atoms with E-state index >= 15 is 0 Å². The minimum Gasteiger partial charge on any atom is -0.342 e. The van der Waals surface area contributed by atoms with E-state index in [0.717, 1.165) is 24.5 Å². The van der Waals surface area contributed by atoms with Crippen LogP contribution in [0.4, 0.5) is 4.39 Å². The number of aromatic nitrogens is 6. The fourth-order valence-electron chi connectivity index (χ4n) is 3.63. The number of hydrogen-bond acceptors (Lipinski definition) is 5. The number of nitrogens with zero attached hydrogens (tertiary/aromatic N) is 7. The highest BCUT2D eigenvalue weighted by Crippen LogP contribution is 2.27. The molecule has 1 fully saturated rings. The van der Waals surface area contributed by atoms with Crippen molar-refractivity contribution in [2.75, 3.05) is 13.1 Å². The number of halogens is 1. The molecule has 0 bridgehead atoms. The van der Waals surface area contributed by atoms with Crippen molar-refractivity contribution >= 4 is 5.91 Å². The van der Waals surface area contributed by atoms with Gasteiger partial charge in [0.1, 0.15) is 30.8 Å². The molecule has 0 saturated carbocycles. The maximum atomic E-state index is 13.8. The number of carbonyl (C=O) groups excluding carboxylic acids is 1. The van der Waals surface area contributed by atoms with E-state index in [0.29, 0.717) is 25.2 Å². The Labute approximate surface area is 162 Å². The molecule has 0 unspecified atom stereocenters. The fourth-order valence-corrected chi connectivity index (χ4v) is 3.63. The molecule has 3 heterocycles. The van der Waals surface area contributed by atoms with Gasteiger partial charge in [-0.3, -0.25) is 4.79 Å². The molecule has 1 aliphatic rings. The Bertz CT molecular complexity index is 945. The van der Waals surface area contributed by atoms with Gasteiger partial charge in [0.2, 0.25) is 5.91 Å². The standard InChI is InChI=1S/C19H22FN7O/c1-25-17(11-27-13-21-12-22-27)23-24-19(25)14-6-8-26(9-7-14)18(28)10-15-4-2-3-5-16(15)20/h2-5,12-14H,6-11H2,1H3. The Morgan fingerprint density at radius 2 is 2.00 bits per heavy atom. The van der Waals surface area contributed by atoms with Crippen LogP contribution in [0.1, 0.15) is 36.0 Å². The smallest absolute Gasteiger partial charge is 0.227 e. The maximum Gasteiger partial charge on any atom is 0.227 e. The maximum absolute atomic E-state index is 13.8. The van der Waals surface area contributed by atoms with Crippen molar-refractivity contribution in [3.8, 4) is 0 Å². The Hall–Kier alpha value is -3.10. The number of likely N-dealkylation sites (tertiary alicyclic amines) is 1. The molecule has 2 aromatic heterocycles. The minimum atomic E-state index is -0.329. The number of amides is 1. The van der Waals surface area contributed by atoms with Crippen LogP contribution in [0.3, 0.4) is 0 Å². The highest BCUT2D eigenvalue weighted by molar-refractivity contribution is 5.78. The molecule has 0 spiro atoms. The second-order valence-corrected chi connectivity index (χ2v) is 7.05. The topological polar surface area (TPSA) is 81.7 Å². The third-order valence-corrected chi connectivity index (χ3v) is 5.28. The SMILES string of the molecule is Cn1c(Cn2cncn2)nnc1C1CCN(C(=O)Cc2ccccc2F)CC1. The summed E-state index contributed by atoms with van der Waals surface area (Å²) in [5, 5.41) is 12.8. The molecular weight excluding hydrogens is 361 g/mol. The quantitative estimate of drug-likeness (QED) is 0.668. The largest absolute Gasteiger partial charge is 0.342 e.